The topological polar surface area (TPSA) is 43.8 Å². The summed E-state index contributed by atoms with van der Waals surface area (Å²) < 4.78 is 2.24. The first-order chi connectivity index (χ1) is 10.2. The molecular formula is C17H18ClN3. The van der Waals surface area contributed by atoms with Gasteiger partial charge in [-0.2, -0.15) is 0 Å². The van der Waals surface area contributed by atoms with E-state index in [0.717, 1.165) is 47.0 Å². The number of aryl methyl sites for hydroxylation is 3. The number of nitrogen functional groups attached to an aromatic ring is 1. The third-order valence-electron chi connectivity index (χ3n) is 3.78. The van der Waals surface area contributed by atoms with Gasteiger partial charge in [-0.15, -0.1) is 0 Å². The van der Waals surface area contributed by atoms with Gasteiger partial charge in [-0.05, 0) is 43.2 Å². The maximum Gasteiger partial charge on any atom is 0.110 e. The van der Waals surface area contributed by atoms with E-state index in [-0.39, 0.29) is 0 Å². The first-order valence-corrected chi connectivity index (χ1v) is 7.55. The van der Waals surface area contributed by atoms with Crippen LogP contribution in [0.25, 0.3) is 11.0 Å². The van der Waals surface area contributed by atoms with Crippen molar-refractivity contribution in [2.24, 2.45) is 0 Å². The number of nitrogens with two attached hydrogens (primary N) is 1. The lowest BCUT2D eigenvalue weighted by Gasteiger charge is -2.07. The van der Waals surface area contributed by atoms with Crippen LogP contribution in [0.5, 0.6) is 0 Å². The highest BCUT2D eigenvalue weighted by atomic mass is 35.5. The Morgan fingerprint density at radius 3 is 2.71 bits per heavy atom. The Balaban J connectivity index is 1.92. The van der Waals surface area contributed by atoms with Crippen LogP contribution in [0.15, 0.2) is 42.5 Å². The molecule has 0 amide bonds. The molecule has 2 N–H and O–H groups in total. The number of hydrogen-bond acceptors (Lipinski definition) is 2. The van der Waals surface area contributed by atoms with Crippen LogP contribution in [-0.4, -0.2) is 9.55 Å². The predicted octanol–water partition coefficient (Wildman–Crippen LogP) is 4.08. The van der Waals surface area contributed by atoms with Gasteiger partial charge in [0.2, 0.25) is 0 Å². The number of nitrogens with zero attached hydrogens (tertiary/aromatic N) is 2. The minimum absolute atomic E-state index is 0.724. The summed E-state index contributed by atoms with van der Waals surface area (Å²) in [6.45, 7) is 3.04. The summed E-state index contributed by atoms with van der Waals surface area (Å²) in [5.41, 5.74) is 10.1. The molecule has 4 heteroatoms. The average Bonchev–Trinajstić information content (AvgIpc) is 2.82. The molecule has 0 radical (unpaired) electrons. The van der Waals surface area contributed by atoms with Crippen molar-refractivity contribution in [2.45, 2.75) is 26.3 Å². The van der Waals surface area contributed by atoms with Gasteiger partial charge >= 0.3 is 0 Å². The Bertz CT molecular complexity index is 777. The van der Waals surface area contributed by atoms with Crippen LogP contribution in [0.3, 0.4) is 0 Å². The summed E-state index contributed by atoms with van der Waals surface area (Å²) in [6.07, 6.45) is 1.76. The van der Waals surface area contributed by atoms with Gasteiger partial charge in [0.15, 0.2) is 0 Å². The molecule has 3 aromatic rings. The van der Waals surface area contributed by atoms with Gasteiger partial charge in [-0.25, -0.2) is 4.98 Å². The zero-order valence-electron chi connectivity index (χ0n) is 12.0. The second-order valence-corrected chi connectivity index (χ2v) is 5.54. The fraction of sp³-hybridized carbons (Fsp3) is 0.235. The molecule has 21 heavy (non-hydrogen) atoms. The minimum Gasteiger partial charge on any atom is -0.399 e. The molecule has 1 aromatic heterocycles. The number of imidazole rings is 1. The highest BCUT2D eigenvalue weighted by Gasteiger charge is 2.10. The molecule has 0 fully saturated rings. The van der Waals surface area contributed by atoms with E-state index in [9.17, 15) is 0 Å². The van der Waals surface area contributed by atoms with E-state index < -0.39 is 0 Å². The van der Waals surface area contributed by atoms with Crippen molar-refractivity contribution in [1.29, 1.82) is 0 Å². The van der Waals surface area contributed by atoms with Crippen LogP contribution >= 0.6 is 11.6 Å². The molecule has 2 aromatic carbocycles. The number of hydrogen-bond donors (Lipinski definition) is 1. The van der Waals surface area contributed by atoms with Gasteiger partial charge in [-0.3, -0.25) is 0 Å². The Hall–Kier alpha value is -2.00. The van der Waals surface area contributed by atoms with Gasteiger partial charge < -0.3 is 10.3 Å². The predicted molar refractivity (Wildman–Crippen MR) is 88.7 cm³/mol. The molecule has 0 spiro atoms. The number of halogens is 1. The first kappa shape index (κ1) is 14.0. The van der Waals surface area contributed by atoms with Crippen molar-refractivity contribution < 1.29 is 0 Å². The molecule has 1 heterocycles. The molecule has 0 saturated heterocycles. The summed E-state index contributed by atoms with van der Waals surface area (Å²) in [7, 11) is 0. The lowest BCUT2D eigenvalue weighted by atomic mass is 10.1. The maximum absolute atomic E-state index is 6.05. The van der Waals surface area contributed by atoms with E-state index in [4.69, 9.17) is 22.3 Å². The van der Waals surface area contributed by atoms with Crippen LogP contribution in [0.1, 0.15) is 18.3 Å². The fourth-order valence-electron chi connectivity index (χ4n) is 2.70. The van der Waals surface area contributed by atoms with Crippen LogP contribution in [-0.2, 0) is 19.4 Å². The Morgan fingerprint density at radius 2 is 1.95 bits per heavy atom. The molecule has 0 bridgehead atoms. The molecule has 108 valence electrons. The lowest BCUT2D eigenvalue weighted by molar-refractivity contribution is 0.707. The summed E-state index contributed by atoms with van der Waals surface area (Å²) in [6, 6.07) is 13.9. The summed E-state index contributed by atoms with van der Waals surface area (Å²) in [5.74, 6) is 1.08. The molecular weight excluding hydrogens is 282 g/mol. The average molecular weight is 300 g/mol. The molecule has 0 aliphatic rings. The van der Waals surface area contributed by atoms with E-state index >= 15 is 0 Å². The minimum atomic E-state index is 0.724. The van der Waals surface area contributed by atoms with Crippen molar-refractivity contribution in [3.63, 3.8) is 0 Å². The van der Waals surface area contributed by atoms with E-state index in [1.54, 1.807) is 0 Å². The van der Waals surface area contributed by atoms with Crippen LogP contribution < -0.4 is 5.73 Å². The van der Waals surface area contributed by atoms with E-state index in [1.807, 2.05) is 36.4 Å². The lowest BCUT2D eigenvalue weighted by Crippen LogP contribution is -2.04. The molecule has 0 aliphatic heterocycles. The number of para-hydroxylation sites is 1. The second kappa shape index (κ2) is 5.78. The maximum atomic E-state index is 6.05. The second-order valence-electron chi connectivity index (χ2n) is 5.10. The fourth-order valence-corrected chi connectivity index (χ4v) is 2.87. The molecule has 0 aliphatic carbocycles. The number of benzene rings is 2. The third-order valence-corrected chi connectivity index (χ3v) is 4.01. The normalized spacial score (nSPS) is 11.1. The van der Waals surface area contributed by atoms with Crippen molar-refractivity contribution in [2.75, 3.05) is 5.73 Å². The molecule has 0 unspecified atom stereocenters. The Kier molecular flexibility index (Phi) is 3.84. The van der Waals surface area contributed by atoms with Gasteiger partial charge in [0, 0.05) is 23.7 Å². The van der Waals surface area contributed by atoms with E-state index in [2.05, 4.69) is 17.6 Å². The SMILES string of the molecule is CCn1c(CCc2ccccc2N)nc2cc(Cl)ccc21. The standard InChI is InChI=1S/C17H18ClN3/c1-2-21-16-9-8-13(18)11-15(16)20-17(21)10-7-12-5-3-4-6-14(12)19/h3-6,8-9,11H,2,7,10,19H2,1H3. The summed E-state index contributed by atoms with van der Waals surface area (Å²) in [4.78, 5) is 4.73. The van der Waals surface area contributed by atoms with Crippen LogP contribution in [0.4, 0.5) is 5.69 Å². The smallest absolute Gasteiger partial charge is 0.110 e. The number of anilines is 1. The summed E-state index contributed by atoms with van der Waals surface area (Å²) in [5, 5.41) is 0.724. The first-order valence-electron chi connectivity index (χ1n) is 7.17. The highest BCUT2D eigenvalue weighted by Crippen LogP contribution is 2.22. The van der Waals surface area contributed by atoms with E-state index in [1.165, 1.54) is 5.56 Å². The van der Waals surface area contributed by atoms with Gasteiger partial charge in [0.25, 0.3) is 0 Å². The van der Waals surface area contributed by atoms with Crippen LogP contribution in [0, 0.1) is 0 Å². The number of fused-ring (bicyclic) bond motifs is 1. The van der Waals surface area contributed by atoms with Crippen molar-refractivity contribution in [3.8, 4) is 0 Å². The van der Waals surface area contributed by atoms with Gasteiger partial charge in [-0.1, -0.05) is 29.8 Å². The third kappa shape index (κ3) is 2.74. The number of aromatic nitrogens is 2. The van der Waals surface area contributed by atoms with Crippen molar-refractivity contribution in [1.82, 2.24) is 9.55 Å². The molecule has 3 rings (SSSR count). The van der Waals surface area contributed by atoms with Gasteiger partial charge in [0.1, 0.15) is 5.82 Å². The van der Waals surface area contributed by atoms with Gasteiger partial charge in [0.05, 0.1) is 11.0 Å². The van der Waals surface area contributed by atoms with Crippen molar-refractivity contribution >= 4 is 28.3 Å². The largest absolute Gasteiger partial charge is 0.399 e. The quantitative estimate of drug-likeness (QED) is 0.738. The Morgan fingerprint density at radius 1 is 1.14 bits per heavy atom. The molecule has 3 nitrogen and oxygen atoms in total. The monoisotopic (exact) mass is 299 g/mol. The molecule has 0 atom stereocenters. The zero-order valence-corrected chi connectivity index (χ0v) is 12.8. The van der Waals surface area contributed by atoms with Crippen molar-refractivity contribution in [3.05, 3.63) is 58.9 Å². The highest BCUT2D eigenvalue weighted by molar-refractivity contribution is 6.31. The number of rotatable bonds is 4. The summed E-state index contributed by atoms with van der Waals surface area (Å²) >= 11 is 6.05. The Labute approximate surface area is 129 Å². The molecule has 0 saturated carbocycles. The zero-order chi connectivity index (χ0) is 14.8. The van der Waals surface area contributed by atoms with Crippen LogP contribution in [0.2, 0.25) is 5.02 Å². The van der Waals surface area contributed by atoms with E-state index in [0.29, 0.717) is 0 Å².